The average Bonchev–Trinajstić information content (AvgIpc) is 2.81. The monoisotopic (exact) mass is 422 g/mol. The molecular formula is C28H27N2P. The van der Waals surface area contributed by atoms with Crippen LogP contribution in [0.2, 0.25) is 0 Å². The van der Waals surface area contributed by atoms with E-state index in [1.807, 2.05) is 6.07 Å². The van der Waals surface area contributed by atoms with E-state index in [1.54, 1.807) is 0 Å². The summed E-state index contributed by atoms with van der Waals surface area (Å²) in [6, 6.07) is 38.3. The number of amidine groups is 1. The molecule has 0 bridgehead atoms. The molecule has 0 atom stereocenters. The van der Waals surface area contributed by atoms with E-state index in [9.17, 15) is 0 Å². The van der Waals surface area contributed by atoms with Gasteiger partial charge in [0.1, 0.15) is 5.84 Å². The van der Waals surface area contributed by atoms with Crippen LogP contribution >= 0.6 is 7.92 Å². The lowest BCUT2D eigenvalue weighted by molar-refractivity contribution is 1.32. The fourth-order valence-corrected chi connectivity index (χ4v) is 5.78. The number of hydrogen-bond acceptors (Lipinski definition) is 1. The largest absolute Gasteiger partial charge is 0.343 e. The standard InChI is InChI=1S/C28H27N2P/c1-22-13-12-14-23(2)28(22)30-27(29-24-15-6-3-7-16-24)21-31(25-17-8-4-9-18-25)26-19-10-5-11-20-26/h3-20H,21H2,1-2H3,(H,29,30). The predicted molar refractivity (Wildman–Crippen MR) is 137 cm³/mol. The van der Waals surface area contributed by atoms with E-state index in [0.717, 1.165) is 23.4 Å². The maximum atomic E-state index is 5.17. The van der Waals surface area contributed by atoms with Crippen molar-refractivity contribution < 1.29 is 0 Å². The minimum atomic E-state index is -0.595. The number of para-hydroxylation sites is 2. The lowest BCUT2D eigenvalue weighted by atomic mass is 10.1. The molecule has 0 saturated carbocycles. The molecule has 0 aliphatic carbocycles. The van der Waals surface area contributed by atoms with E-state index >= 15 is 0 Å². The number of nitrogens with one attached hydrogen (secondary N) is 1. The molecule has 0 aromatic heterocycles. The summed E-state index contributed by atoms with van der Waals surface area (Å²) in [4.78, 5) is 5.17. The van der Waals surface area contributed by atoms with Crippen LogP contribution in [0.15, 0.2) is 114 Å². The molecule has 0 unspecified atom stereocenters. The van der Waals surface area contributed by atoms with Crippen LogP contribution in [0, 0.1) is 13.8 Å². The molecule has 0 saturated heterocycles. The molecule has 0 fully saturated rings. The third kappa shape index (κ3) is 5.48. The number of nitrogens with zero attached hydrogens (tertiary/aromatic N) is 1. The average molecular weight is 423 g/mol. The minimum absolute atomic E-state index is 0.595. The first-order valence-corrected chi connectivity index (χ1v) is 12.1. The fourth-order valence-electron chi connectivity index (χ4n) is 3.61. The van der Waals surface area contributed by atoms with Gasteiger partial charge in [-0.05, 0) is 55.6 Å². The van der Waals surface area contributed by atoms with Gasteiger partial charge in [-0.3, -0.25) is 0 Å². The quantitative estimate of drug-likeness (QED) is 0.212. The van der Waals surface area contributed by atoms with Crippen LogP contribution in [-0.2, 0) is 0 Å². The van der Waals surface area contributed by atoms with Gasteiger partial charge in [0.2, 0.25) is 0 Å². The van der Waals surface area contributed by atoms with Gasteiger partial charge in [0.05, 0.1) is 5.69 Å². The highest BCUT2D eigenvalue weighted by Gasteiger charge is 2.17. The van der Waals surface area contributed by atoms with Crippen molar-refractivity contribution in [3.63, 3.8) is 0 Å². The van der Waals surface area contributed by atoms with Gasteiger partial charge in [-0.15, -0.1) is 0 Å². The molecule has 3 heteroatoms. The number of anilines is 1. The van der Waals surface area contributed by atoms with E-state index < -0.39 is 7.92 Å². The van der Waals surface area contributed by atoms with Crippen LogP contribution in [0.25, 0.3) is 0 Å². The molecule has 1 N–H and O–H groups in total. The molecule has 4 aromatic rings. The first kappa shape index (κ1) is 21.0. The second-order valence-corrected chi connectivity index (χ2v) is 9.75. The normalized spacial score (nSPS) is 11.5. The molecule has 0 aliphatic rings. The van der Waals surface area contributed by atoms with Crippen molar-refractivity contribution in [2.75, 3.05) is 11.5 Å². The Bertz CT molecular complexity index is 1080. The van der Waals surface area contributed by atoms with Crippen molar-refractivity contribution >= 4 is 35.7 Å². The first-order chi connectivity index (χ1) is 15.2. The second-order valence-electron chi connectivity index (χ2n) is 7.55. The van der Waals surface area contributed by atoms with E-state index in [2.05, 4.69) is 122 Å². The van der Waals surface area contributed by atoms with E-state index in [-0.39, 0.29) is 0 Å². The summed E-state index contributed by atoms with van der Waals surface area (Å²) in [6.07, 6.45) is 0.839. The predicted octanol–water partition coefficient (Wildman–Crippen LogP) is 6.58. The van der Waals surface area contributed by atoms with E-state index in [0.29, 0.717) is 0 Å². The summed E-state index contributed by atoms with van der Waals surface area (Å²) in [7, 11) is -0.595. The topological polar surface area (TPSA) is 24.4 Å². The SMILES string of the molecule is Cc1cccc(C)c1N=C(CP(c1ccccc1)c1ccccc1)Nc1ccccc1. The molecule has 31 heavy (non-hydrogen) atoms. The van der Waals surface area contributed by atoms with Crippen molar-refractivity contribution in [3.8, 4) is 0 Å². The van der Waals surface area contributed by atoms with E-state index in [4.69, 9.17) is 4.99 Å². The maximum Gasteiger partial charge on any atom is 0.112 e. The van der Waals surface area contributed by atoms with Crippen LogP contribution in [0.4, 0.5) is 11.4 Å². The Hall–Kier alpha value is -3.22. The van der Waals surface area contributed by atoms with Gasteiger partial charge >= 0.3 is 0 Å². The Morgan fingerprint density at radius 3 is 1.65 bits per heavy atom. The van der Waals surface area contributed by atoms with Gasteiger partial charge in [-0.2, -0.15) is 0 Å². The second kappa shape index (κ2) is 10.2. The van der Waals surface area contributed by atoms with Crippen molar-refractivity contribution in [3.05, 3.63) is 120 Å². The van der Waals surface area contributed by atoms with Gasteiger partial charge in [0, 0.05) is 11.8 Å². The van der Waals surface area contributed by atoms with Crippen molar-refractivity contribution in [1.29, 1.82) is 0 Å². The Morgan fingerprint density at radius 2 is 1.13 bits per heavy atom. The zero-order valence-electron chi connectivity index (χ0n) is 18.0. The smallest absolute Gasteiger partial charge is 0.112 e. The zero-order valence-corrected chi connectivity index (χ0v) is 18.9. The van der Waals surface area contributed by atoms with Crippen molar-refractivity contribution in [2.45, 2.75) is 13.8 Å². The van der Waals surface area contributed by atoms with Crippen molar-refractivity contribution in [1.82, 2.24) is 0 Å². The van der Waals surface area contributed by atoms with Gasteiger partial charge in [0.25, 0.3) is 0 Å². The highest BCUT2D eigenvalue weighted by Crippen LogP contribution is 2.35. The summed E-state index contributed by atoms with van der Waals surface area (Å²) >= 11 is 0. The van der Waals surface area contributed by atoms with E-state index in [1.165, 1.54) is 21.7 Å². The molecule has 0 radical (unpaired) electrons. The van der Waals surface area contributed by atoms with Crippen LogP contribution in [-0.4, -0.2) is 12.0 Å². The number of hydrogen-bond donors (Lipinski definition) is 1. The maximum absolute atomic E-state index is 5.17. The molecule has 0 heterocycles. The molecule has 0 aliphatic heterocycles. The highest BCUT2D eigenvalue weighted by atomic mass is 31.1. The fraction of sp³-hybridized carbons (Fsp3) is 0.107. The number of benzene rings is 4. The molecule has 2 nitrogen and oxygen atoms in total. The van der Waals surface area contributed by atoms with Crippen LogP contribution in [0.3, 0.4) is 0 Å². The lowest BCUT2D eigenvalue weighted by Gasteiger charge is -2.21. The molecular weight excluding hydrogens is 395 g/mol. The number of rotatable bonds is 6. The third-order valence-corrected chi connectivity index (χ3v) is 7.65. The van der Waals surface area contributed by atoms with Gasteiger partial charge < -0.3 is 5.32 Å². The Labute approximate surface area is 186 Å². The summed E-state index contributed by atoms with van der Waals surface area (Å²) in [5, 5.41) is 6.33. The first-order valence-electron chi connectivity index (χ1n) is 10.5. The van der Waals surface area contributed by atoms with Crippen LogP contribution in [0.1, 0.15) is 11.1 Å². The Balaban J connectivity index is 1.77. The Kier molecular flexibility index (Phi) is 6.92. The Morgan fingerprint density at radius 1 is 0.645 bits per heavy atom. The van der Waals surface area contributed by atoms with Crippen LogP contribution in [0.5, 0.6) is 0 Å². The van der Waals surface area contributed by atoms with Gasteiger partial charge in [-0.25, -0.2) is 4.99 Å². The minimum Gasteiger partial charge on any atom is -0.343 e. The highest BCUT2D eigenvalue weighted by molar-refractivity contribution is 7.73. The molecule has 4 rings (SSSR count). The number of aryl methyl sites for hydroxylation is 2. The summed E-state index contributed by atoms with van der Waals surface area (Å²) in [5.41, 5.74) is 4.49. The number of aliphatic imine (C=N–C) groups is 1. The summed E-state index contributed by atoms with van der Waals surface area (Å²) in [5.74, 6) is 0.988. The molecule has 4 aromatic carbocycles. The molecule has 154 valence electrons. The lowest BCUT2D eigenvalue weighted by Crippen LogP contribution is -2.23. The van der Waals surface area contributed by atoms with Gasteiger partial charge in [0.15, 0.2) is 0 Å². The molecule has 0 spiro atoms. The van der Waals surface area contributed by atoms with Crippen LogP contribution < -0.4 is 15.9 Å². The molecule has 0 amide bonds. The zero-order chi connectivity index (χ0) is 21.5. The van der Waals surface area contributed by atoms with Gasteiger partial charge in [-0.1, -0.05) is 97.1 Å². The van der Waals surface area contributed by atoms with Crippen molar-refractivity contribution in [2.24, 2.45) is 4.99 Å². The summed E-state index contributed by atoms with van der Waals surface area (Å²) in [6.45, 7) is 4.26. The third-order valence-electron chi connectivity index (χ3n) is 5.19. The summed E-state index contributed by atoms with van der Waals surface area (Å²) < 4.78 is 0.